The highest BCUT2D eigenvalue weighted by atomic mass is 16.5. The molecule has 1 aliphatic carbocycles. The summed E-state index contributed by atoms with van der Waals surface area (Å²) in [6, 6.07) is 9.96. The van der Waals surface area contributed by atoms with Crippen LogP contribution in [0.15, 0.2) is 30.3 Å². The second-order valence-electron chi connectivity index (χ2n) is 4.94. The Morgan fingerprint density at radius 2 is 1.94 bits per heavy atom. The first-order valence-corrected chi connectivity index (χ1v) is 5.88. The molecule has 0 aromatic heterocycles. The Kier molecular flexibility index (Phi) is 2.99. The Morgan fingerprint density at radius 3 is 2.44 bits per heavy atom. The van der Waals surface area contributed by atoms with Crippen LogP contribution in [0.25, 0.3) is 0 Å². The molecule has 0 N–H and O–H groups in total. The van der Waals surface area contributed by atoms with Crippen LogP contribution in [0, 0.1) is 5.92 Å². The first kappa shape index (κ1) is 11.2. The summed E-state index contributed by atoms with van der Waals surface area (Å²) < 4.78 is 5.35. The van der Waals surface area contributed by atoms with Crippen molar-refractivity contribution in [1.82, 2.24) is 0 Å². The summed E-state index contributed by atoms with van der Waals surface area (Å²) in [5, 5.41) is 0. The van der Waals surface area contributed by atoms with E-state index < -0.39 is 0 Å². The zero-order valence-corrected chi connectivity index (χ0v) is 9.90. The lowest BCUT2D eigenvalue weighted by Crippen LogP contribution is -2.24. The summed E-state index contributed by atoms with van der Waals surface area (Å²) in [6.07, 6.45) is 1.85. The van der Waals surface area contributed by atoms with E-state index in [0.717, 1.165) is 18.4 Å². The average molecular weight is 218 g/mol. The number of carbonyl (C=O) groups is 1. The van der Waals surface area contributed by atoms with E-state index >= 15 is 0 Å². The van der Waals surface area contributed by atoms with Gasteiger partial charge in [0.15, 0.2) is 0 Å². The number of hydrogen-bond acceptors (Lipinski definition) is 2. The minimum Gasteiger partial charge on any atom is -0.465 e. The molecule has 1 aromatic rings. The van der Waals surface area contributed by atoms with Gasteiger partial charge in [0.25, 0.3) is 0 Å². The molecule has 2 rings (SSSR count). The minimum atomic E-state index is -0.323. The summed E-state index contributed by atoms with van der Waals surface area (Å²) in [7, 11) is 0. The van der Waals surface area contributed by atoms with Gasteiger partial charge in [0.1, 0.15) is 0 Å². The van der Waals surface area contributed by atoms with Crippen LogP contribution in [0.3, 0.4) is 0 Å². The number of esters is 1. The van der Waals surface area contributed by atoms with Gasteiger partial charge in [-0.05, 0) is 24.3 Å². The Balaban J connectivity index is 2.06. The van der Waals surface area contributed by atoms with Crippen molar-refractivity contribution in [2.24, 2.45) is 5.92 Å². The number of benzene rings is 1. The number of ether oxygens (including phenoxy) is 1. The summed E-state index contributed by atoms with van der Waals surface area (Å²) in [4.78, 5) is 12.0. The van der Waals surface area contributed by atoms with Crippen molar-refractivity contribution in [2.45, 2.75) is 32.1 Å². The minimum absolute atomic E-state index is 0.0487. The molecule has 2 heteroatoms. The molecule has 1 fully saturated rings. The SMILES string of the molecule is CC(C)COC(=O)C1(c2ccccc2)CC1. The van der Waals surface area contributed by atoms with E-state index in [-0.39, 0.29) is 11.4 Å². The van der Waals surface area contributed by atoms with Gasteiger partial charge >= 0.3 is 5.97 Å². The van der Waals surface area contributed by atoms with Crippen molar-refractivity contribution in [1.29, 1.82) is 0 Å². The largest absolute Gasteiger partial charge is 0.465 e. The third kappa shape index (κ3) is 2.11. The molecular weight excluding hydrogens is 200 g/mol. The number of carbonyl (C=O) groups excluding carboxylic acids is 1. The zero-order valence-electron chi connectivity index (χ0n) is 9.90. The van der Waals surface area contributed by atoms with E-state index in [4.69, 9.17) is 4.74 Å². The molecule has 0 bridgehead atoms. The summed E-state index contributed by atoms with van der Waals surface area (Å²) in [5.74, 6) is 0.350. The highest BCUT2D eigenvalue weighted by Crippen LogP contribution is 2.49. The van der Waals surface area contributed by atoms with Crippen LogP contribution in [-0.2, 0) is 14.9 Å². The van der Waals surface area contributed by atoms with Crippen molar-refractivity contribution >= 4 is 5.97 Å². The van der Waals surface area contributed by atoms with Gasteiger partial charge in [0.05, 0.1) is 12.0 Å². The fourth-order valence-electron chi connectivity index (χ4n) is 1.87. The second-order valence-corrected chi connectivity index (χ2v) is 4.94. The van der Waals surface area contributed by atoms with Crippen LogP contribution in [-0.4, -0.2) is 12.6 Å². The highest BCUT2D eigenvalue weighted by molar-refractivity contribution is 5.86. The van der Waals surface area contributed by atoms with E-state index in [9.17, 15) is 4.79 Å². The molecule has 0 saturated heterocycles. The van der Waals surface area contributed by atoms with Gasteiger partial charge in [0, 0.05) is 0 Å². The highest BCUT2D eigenvalue weighted by Gasteiger charge is 2.52. The lowest BCUT2D eigenvalue weighted by atomic mass is 9.96. The van der Waals surface area contributed by atoms with E-state index in [0.29, 0.717) is 12.5 Å². The van der Waals surface area contributed by atoms with E-state index in [2.05, 4.69) is 13.8 Å². The normalized spacial score (nSPS) is 17.2. The van der Waals surface area contributed by atoms with Gasteiger partial charge in [0.2, 0.25) is 0 Å². The third-order valence-corrected chi connectivity index (χ3v) is 3.01. The molecular formula is C14H18O2. The van der Waals surface area contributed by atoms with Crippen molar-refractivity contribution in [3.8, 4) is 0 Å². The first-order valence-electron chi connectivity index (χ1n) is 5.88. The molecule has 0 atom stereocenters. The Bertz CT molecular complexity index is 364. The van der Waals surface area contributed by atoms with Crippen LogP contribution in [0.4, 0.5) is 0 Å². The zero-order chi connectivity index (χ0) is 11.6. The quantitative estimate of drug-likeness (QED) is 0.726. The van der Waals surface area contributed by atoms with E-state index in [1.54, 1.807) is 0 Å². The Hall–Kier alpha value is -1.31. The van der Waals surface area contributed by atoms with Crippen LogP contribution >= 0.6 is 0 Å². The molecule has 1 aliphatic rings. The van der Waals surface area contributed by atoms with E-state index in [1.165, 1.54) is 0 Å². The number of hydrogen-bond donors (Lipinski definition) is 0. The summed E-state index contributed by atoms with van der Waals surface area (Å²) >= 11 is 0. The van der Waals surface area contributed by atoms with Gasteiger partial charge < -0.3 is 4.74 Å². The molecule has 2 nitrogen and oxygen atoms in total. The summed E-state index contributed by atoms with van der Waals surface area (Å²) in [5.41, 5.74) is 0.777. The smallest absolute Gasteiger partial charge is 0.316 e. The van der Waals surface area contributed by atoms with Crippen LogP contribution in [0.1, 0.15) is 32.3 Å². The molecule has 0 spiro atoms. The maximum Gasteiger partial charge on any atom is 0.316 e. The topological polar surface area (TPSA) is 26.3 Å². The monoisotopic (exact) mass is 218 g/mol. The maximum absolute atomic E-state index is 12.0. The maximum atomic E-state index is 12.0. The molecule has 0 unspecified atom stereocenters. The van der Waals surface area contributed by atoms with E-state index in [1.807, 2.05) is 30.3 Å². The first-order chi connectivity index (χ1) is 7.65. The van der Waals surface area contributed by atoms with Gasteiger partial charge in [-0.3, -0.25) is 4.79 Å². The molecule has 1 saturated carbocycles. The molecule has 0 heterocycles. The van der Waals surface area contributed by atoms with Crippen molar-refractivity contribution in [2.75, 3.05) is 6.61 Å². The summed E-state index contributed by atoms with van der Waals surface area (Å²) in [6.45, 7) is 4.62. The standard InChI is InChI=1S/C14H18O2/c1-11(2)10-16-13(15)14(8-9-14)12-6-4-3-5-7-12/h3-7,11H,8-10H2,1-2H3. The van der Waals surface area contributed by atoms with Crippen molar-refractivity contribution in [3.63, 3.8) is 0 Å². The van der Waals surface area contributed by atoms with Gasteiger partial charge in [-0.15, -0.1) is 0 Å². The number of rotatable bonds is 4. The molecule has 16 heavy (non-hydrogen) atoms. The molecule has 86 valence electrons. The van der Waals surface area contributed by atoms with Crippen LogP contribution < -0.4 is 0 Å². The lowest BCUT2D eigenvalue weighted by molar-refractivity contribution is -0.147. The fourth-order valence-corrected chi connectivity index (χ4v) is 1.87. The molecule has 1 aromatic carbocycles. The van der Waals surface area contributed by atoms with Crippen LogP contribution in [0.2, 0.25) is 0 Å². The predicted octanol–water partition coefficient (Wildman–Crippen LogP) is 2.92. The van der Waals surface area contributed by atoms with Crippen LogP contribution in [0.5, 0.6) is 0 Å². The fraction of sp³-hybridized carbons (Fsp3) is 0.500. The third-order valence-electron chi connectivity index (χ3n) is 3.01. The van der Waals surface area contributed by atoms with Crippen molar-refractivity contribution in [3.05, 3.63) is 35.9 Å². The van der Waals surface area contributed by atoms with Gasteiger partial charge in [-0.2, -0.15) is 0 Å². The van der Waals surface area contributed by atoms with Crippen molar-refractivity contribution < 1.29 is 9.53 Å². The second kappa shape index (κ2) is 4.28. The lowest BCUT2D eigenvalue weighted by Gasteiger charge is -2.15. The average Bonchev–Trinajstić information content (AvgIpc) is 3.08. The Morgan fingerprint density at radius 1 is 1.31 bits per heavy atom. The molecule has 0 radical (unpaired) electrons. The van der Waals surface area contributed by atoms with Gasteiger partial charge in [-0.1, -0.05) is 44.2 Å². The Labute approximate surface area is 96.6 Å². The predicted molar refractivity (Wildman–Crippen MR) is 63.2 cm³/mol. The van der Waals surface area contributed by atoms with Gasteiger partial charge in [-0.25, -0.2) is 0 Å². The molecule has 0 aliphatic heterocycles. The molecule has 0 amide bonds.